The van der Waals surface area contributed by atoms with Crippen LogP contribution in [0.25, 0.3) is 0 Å². The van der Waals surface area contributed by atoms with Gasteiger partial charge in [0.25, 0.3) is 0 Å². The fourth-order valence-corrected chi connectivity index (χ4v) is 3.87. The number of rotatable bonds is 7. The van der Waals surface area contributed by atoms with Crippen molar-refractivity contribution in [1.29, 1.82) is 0 Å². The number of nitrogens with one attached hydrogen (secondary N) is 1. The Morgan fingerprint density at radius 2 is 1.77 bits per heavy atom. The number of piperidine rings is 1. The van der Waals surface area contributed by atoms with Gasteiger partial charge in [0, 0.05) is 32.9 Å². The Balaban J connectivity index is 1.57. The molecule has 1 N–H and O–H groups in total. The number of likely N-dealkylation sites (tertiary alicyclic amines) is 1. The summed E-state index contributed by atoms with van der Waals surface area (Å²) in [5.41, 5.74) is 3.19. The molecule has 2 aromatic carbocycles. The summed E-state index contributed by atoms with van der Waals surface area (Å²) in [6.07, 6.45) is 1.94. The van der Waals surface area contributed by atoms with Crippen molar-refractivity contribution in [3.05, 3.63) is 59.2 Å². The summed E-state index contributed by atoms with van der Waals surface area (Å²) in [6, 6.07) is 13.3. The Hall–Kier alpha value is -3.02. The third-order valence-corrected chi connectivity index (χ3v) is 5.71. The molecule has 6 nitrogen and oxygen atoms in total. The van der Waals surface area contributed by atoms with Crippen LogP contribution in [0.15, 0.2) is 42.5 Å². The van der Waals surface area contributed by atoms with E-state index in [9.17, 15) is 9.59 Å². The van der Waals surface area contributed by atoms with E-state index in [0.717, 1.165) is 35.5 Å². The minimum atomic E-state index is -0.361. The fourth-order valence-electron chi connectivity index (χ4n) is 3.87. The number of ether oxygens (including phenoxy) is 2. The Morgan fingerprint density at radius 3 is 2.39 bits per heavy atom. The van der Waals surface area contributed by atoms with E-state index in [2.05, 4.69) is 37.4 Å². The van der Waals surface area contributed by atoms with Gasteiger partial charge in [-0.05, 0) is 48.7 Å². The molecular weight excluding hydrogens is 392 g/mol. The van der Waals surface area contributed by atoms with E-state index in [0.29, 0.717) is 13.1 Å². The van der Waals surface area contributed by atoms with Crippen LogP contribution in [0.5, 0.6) is 11.5 Å². The molecule has 1 aliphatic rings. The van der Waals surface area contributed by atoms with Gasteiger partial charge in [0.2, 0.25) is 11.8 Å². The standard InChI is InChI=1S/C25H32N2O4/c1-17-5-6-18(2)24(15-17)31-22-11-13-27(14-12-22)25(29)16-23(26-19(3)28)20-7-9-21(30-4)10-8-20/h5-10,15,22-23H,11-14,16H2,1-4H3,(H,26,28). The Bertz CT molecular complexity index is 902. The highest BCUT2D eigenvalue weighted by atomic mass is 16.5. The minimum absolute atomic E-state index is 0.0414. The maximum absolute atomic E-state index is 13.0. The zero-order valence-electron chi connectivity index (χ0n) is 18.8. The lowest BCUT2D eigenvalue weighted by molar-refractivity contribution is -0.133. The molecule has 0 aromatic heterocycles. The van der Waals surface area contributed by atoms with Crippen molar-refractivity contribution in [3.63, 3.8) is 0 Å². The maximum atomic E-state index is 13.0. The number of amides is 2. The van der Waals surface area contributed by atoms with E-state index < -0.39 is 0 Å². The highest BCUT2D eigenvalue weighted by Gasteiger charge is 2.27. The highest BCUT2D eigenvalue weighted by molar-refractivity contribution is 5.79. The lowest BCUT2D eigenvalue weighted by atomic mass is 10.0. The van der Waals surface area contributed by atoms with Crippen LogP contribution < -0.4 is 14.8 Å². The van der Waals surface area contributed by atoms with Crippen LogP contribution in [-0.2, 0) is 9.59 Å². The van der Waals surface area contributed by atoms with Gasteiger partial charge < -0.3 is 19.7 Å². The molecule has 1 fully saturated rings. The average molecular weight is 425 g/mol. The molecule has 1 atom stereocenters. The quantitative estimate of drug-likeness (QED) is 0.731. The number of benzene rings is 2. The number of methoxy groups -OCH3 is 1. The molecule has 0 bridgehead atoms. The van der Waals surface area contributed by atoms with E-state index in [4.69, 9.17) is 9.47 Å². The second-order valence-corrected chi connectivity index (χ2v) is 8.20. The summed E-state index contributed by atoms with van der Waals surface area (Å²) in [6.45, 7) is 6.89. The molecule has 1 aliphatic heterocycles. The van der Waals surface area contributed by atoms with Crippen LogP contribution in [0.3, 0.4) is 0 Å². The van der Waals surface area contributed by atoms with Gasteiger partial charge in [0.15, 0.2) is 0 Å². The predicted molar refractivity (Wildman–Crippen MR) is 120 cm³/mol. The van der Waals surface area contributed by atoms with E-state index >= 15 is 0 Å². The van der Waals surface area contributed by atoms with Crippen molar-refractivity contribution in [2.45, 2.75) is 52.2 Å². The molecule has 0 spiro atoms. The largest absolute Gasteiger partial charge is 0.497 e. The van der Waals surface area contributed by atoms with Crippen molar-refractivity contribution in [1.82, 2.24) is 10.2 Å². The van der Waals surface area contributed by atoms with Crippen molar-refractivity contribution in [3.8, 4) is 11.5 Å². The molecule has 0 saturated carbocycles. The summed E-state index contributed by atoms with van der Waals surface area (Å²) in [5, 5.41) is 2.90. The number of carbonyl (C=O) groups is 2. The molecule has 31 heavy (non-hydrogen) atoms. The number of nitrogens with zero attached hydrogens (tertiary/aromatic N) is 1. The van der Waals surface area contributed by atoms with Gasteiger partial charge in [-0.2, -0.15) is 0 Å². The van der Waals surface area contributed by atoms with Gasteiger partial charge in [-0.3, -0.25) is 9.59 Å². The first-order valence-corrected chi connectivity index (χ1v) is 10.8. The molecule has 1 heterocycles. The molecule has 1 saturated heterocycles. The maximum Gasteiger partial charge on any atom is 0.224 e. The summed E-state index contributed by atoms with van der Waals surface area (Å²) in [5.74, 6) is 1.55. The Kier molecular flexibility index (Phi) is 7.55. The number of carbonyl (C=O) groups excluding carboxylic acids is 2. The number of hydrogen-bond acceptors (Lipinski definition) is 4. The Labute approximate surface area is 184 Å². The zero-order chi connectivity index (χ0) is 22.4. The van der Waals surface area contributed by atoms with Crippen molar-refractivity contribution in [2.24, 2.45) is 0 Å². The molecule has 6 heteroatoms. The molecular formula is C25H32N2O4. The molecule has 2 aromatic rings. The van der Waals surface area contributed by atoms with Crippen molar-refractivity contribution in [2.75, 3.05) is 20.2 Å². The topological polar surface area (TPSA) is 67.9 Å². The number of aryl methyl sites for hydroxylation is 2. The van der Waals surface area contributed by atoms with E-state index in [-0.39, 0.29) is 30.4 Å². The third-order valence-electron chi connectivity index (χ3n) is 5.71. The SMILES string of the molecule is COc1ccc(C(CC(=O)N2CCC(Oc3cc(C)ccc3C)CC2)NC(C)=O)cc1. The van der Waals surface area contributed by atoms with Crippen LogP contribution >= 0.6 is 0 Å². The second kappa shape index (κ2) is 10.3. The number of hydrogen-bond donors (Lipinski definition) is 1. The first-order valence-electron chi connectivity index (χ1n) is 10.8. The van der Waals surface area contributed by atoms with Gasteiger partial charge in [0.05, 0.1) is 19.6 Å². The minimum Gasteiger partial charge on any atom is -0.497 e. The van der Waals surface area contributed by atoms with Gasteiger partial charge in [-0.25, -0.2) is 0 Å². The van der Waals surface area contributed by atoms with Crippen molar-refractivity contribution >= 4 is 11.8 Å². The zero-order valence-corrected chi connectivity index (χ0v) is 18.8. The lowest BCUT2D eigenvalue weighted by Gasteiger charge is -2.33. The molecule has 2 amide bonds. The van der Waals surface area contributed by atoms with E-state index in [1.54, 1.807) is 7.11 Å². The molecule has 0 aliphatic carbocycles. The van der Waals surface area contributed by atoms with Crippen LogP contribution in [-0.4, -0.2) is 43.0 Å². The van der Waals surface area contributed by atoms with Crippen LogP contribution in [0.4, 0.5) is 0 Å². The molecule has 166 valence electrons. The lowest BCUT2D eigenvalue weighted by Crippen LogP contribution is -2.43. The second-order valence-electron chi connectivity index (χ2n) is 8.20. The average Bonchev–Trinajstić information content (AvgIpc) is 2.76. The van der Waals surface area contributed by atoms with Crippen LogP contribution in [0.1, 0.15) is 48.9 Å². The fraction of sp³-hybridized carbons (Fsp3) is 0.440. The van der Waals surface area contributed by atoms with E-state index in [1.807, 2.05) is 29.2 Å². The van der Waals surface area contributed by atoms with Crippen molar-refractivity contribution < 1.29 is 19.1 Å². The first kappa shape index (κ1) is 22.7. The van der Waals surface area contributed by atoms with E-state index in [1.165, 1.54) is 12.5 Å². The van der Waals surface area contributed by atoms with Crippen LogP contribution in [0.2, 0.25) is 0 Å². The summed E-state index contributed by atoms with van der Waals surface area (Å²) < 4.78 is 11.4. The predicted octanol–water partition coefficient (Wildman–Crippen LogP) is 3.95. The third kappa shape index (κ3) is 6.23. The molecule has 3 rings (SSSR count). The monoisotopic (exact) mass is 424 g/mol. The summed E-state index contributed by atoms with van der Waals surface area (Å²) in [7, 11) is 1.61. The molecule has 0 radical (unpaired) electrons. The molecule has 1 unspecified atom stereocenters. The first-order chi connectivity index (χ1) is 14.9. The normalized spacial score (nSPS) is 15.3. The van der Waals surface area contributed by atoms with Crippen LogP contribution in [0, 0.1) is 13.8 Å². The van der Waals surface area contributed by atoms with Gasteiger partial charge in [-0.1, -0.05) is 24.3 Å². The van der Waals surface area contributed by atoms with Gasteiger partial charge in [-0.15, -0.1) is 0 Å². The summed E-state index contributed by atoms with van der Waals surface area (Å²) >= 11 is 0. The summed E-state index contributed by atoms with van der Waals surface area (Å²) in [4.78, 5) is 26.5. The highest BCUT2D eigenvalue weighted by Crippen LogP contribution is 2.26. The van der Waals surface area contributed by atoms with Gasteiger partial charge in [0.1, 0.15) is 17.6 Å². The van der Waals surface area contributed by atoms with Gasteiger partial charge >= 0.3 is 0 Å². The smallest absolute Gasteiger partial charge is 0.224 e. The Morgan fingerprint density at radius 1 is 1.10 bits per heavy atom.